The van der Waals surface area contributed by atoms with Gasteiger partial charge in [-0.3, -0.25) is 0 Å². The molecule has 0 radical (unpaired) electrons. The summed E-state index contributed by atoms with van der Waals surface area (Å²) in [5, 5.41) is 0. The third-order valence-corrected chi connectivity index (χ3v) is 2.96. The Bertz CT molecular complexity index is 675. The average Bonchev–Trinajstić information content (AvgIpc) is 2.50. The summed E-state index contributed by atoms with van der Waals surface area (Å²) in [4.78, 5) is 0. The van der Waals surface area contributed by atoms with E-state index in [0.717, 1.165) is 0 Å². The number of halogens is 9. The third kappa shape index (κ3) is 2.05. The summed E-state index contributed by atoms with van der Waals surface area (Å²) in [5.74, 6) is -21.4. The lowest BCUT2D eigenvalue weighted by atomic mass is 9.85. The van der Waals surface area contributed by atoms with E-state index < -0.39 is 68.9 Å². The Morgan fingerprint density at radius 1 is 0.364 bits per heavy atom. The minimum atomic E-state index is -2.53. The zero-order valence-corrected chi connectivity index (χ0v) is 10.4. The summed E-state index contributed by atoms with van der Waals surface area (Å²) < 4.78 is 119. The van der Waals surface area contributed by atoms with Gasteiger partial charge in [-0.2, -0.15) is 0 Å². The Kier molecular flexibility index (Phi) is 3.88. The van der Waals surface area contributed by atoms with Gasteiger partial charge >= 0.3 is 0 Å². The maximum absolute atomic E-state index is 13.7. The predicted octanol–water partition coefficient (Wildman–Crippen LogP) is 2.86. The van der Waals surface area contributed by atoms with Crippen LogP contribution in [0.3, 0.4) is 0 Å². The van der Waals surface area contributed by atoms with Crippen molar-refractivity contribution in [1.82, 2.24) is 0 Å². The van der Waals surface area contributed by atoms with Crippen molar-refractivity contribution >= 4 is 13.3 Å². The smallest absolute Gasteiger partial charge is 0.200 e. The molecule has 2 aromatic carbocycles. The van der Waals surface area contributed by atoms with Crippen LogP contribution in [-0.4, -0.2) is 7.85 Å². The van der Waals surface area contributed by atoms with Gasteiger partial charge in [0, 0.05) is 5.56 Å². The maximum atomic E-state index is 13.7. The fraction of sp³-hybridized carbons (Fsp3) is 0. The lowest BCUT2D eigenvalue weighted by Crippen LogP contribution is -2.21. The molecule has 2 rings (SSSR count). The van der Waals surface area contributed by atoms with E-state index in [1.807, 2.05) is 0 Å². The Morgan fingerprint density at radius 3 is 1.05 bits per heavy atom. The largest absolute Gasteiger partial charge is 0.204 e. The second kappa shape index (κ2) is 5.26. The van der Waals surface area contributed by atoms with Gasteiger partial charge in [-0.1, -0.05) is 0 Å². The van der Waals surface area contributed by atoms with Crippen molar-refractivity contribution in [3.63, 3.8) is 0 Å². The van der Waals surface area contributed by atoms with Gasteiger partial charge in [0.1, 0.15) is 7.85 Å². The lowest BCUT2D eigenvalue weighted by Gasteiger charge is -2.13. The average molecular weight is 328 g/mol. The molecule has 0 aliphatic carbocycles. The van der Waals surface area contributed by atoms with Crippen LogP contribution in [0.15, 0.2) is 0 Å². The molecule has 0 heterocycles. The fourth-order valence-corrected chi connectivity index (χ4v) is 1.86. The van der Waals surface area contributed by atoms with E-state index in [-0.39, 0.29) is 0 Å². The molecule has 22 heavy (non-hydrogen) atoms. The zero-order valence-electron chi connectivity index (χ0n) is 10.4. The van der Waals surface area contributed by atoms with Gasteiger partial charge in [0.25, 0.3) is 0 Å². The van der Waals surface area contributed by atoms with E-state index in [1.54, 1.807) is 0 Å². The van der Waals surface area contributed by atoms with Crippen molar-refractivity contribution in [2.24, 2.45) is 0 Å². The van der Waals surface area contributed by atoms with Crippen LogP contribution in [0.2, 0.25) is 0 Å². The third-order valence-electron chi connectivity index (χ3n) is 2.96. The molecule has 0 N–H and O–H groups in total. The molecular weight excluding hydrogens is 326 g/mol. The van der Waals surface area contributed by atoms with Crippen molar-refractivity contribution in [2.75, 3.05) is 0 Å². The molecule has 0 aromatic heterocycles. The lowest BCUT2D eigenvalue weighted by molar-refractivity contribution is 0.379. The summed E-state index contributed by atoms with van der Waals surface area (Å²) in [6.45, 7) is 0. The zero-order chi connectivity index (χ0) is 16.9. The maximum Gasteiger partial charge on any atom is 0.200 e. The van der Waals surface area contributed by atoms with Crippen molar-refractivity contribution in [3.8, 4) is 11.1 Å². The molecule has 2 aromatic rings. The number of hydrogen-bond donors (Lipinski definition) is 0. The molecule has 116 valence electrons. The van der Waals surface area contributed by atoms with Gasteiger partial charge in [0.05, 0.1) is 5.56 Å². The van der Waals surface area contributed by atoms with E-state index in [4.69, 9.17) is 0 Å². The summed E-state index contributed by atoms with van der Waals surface area (Å²) >= 11 is 0. The Balaban J connectivity index is 3.03. The molecule has 0 amide bonds. The van der Waals surface area contributed by atoms with E-state index in [9.17, 15) is 39.5 Å². The van der Waals surface area contributed by atoms with E-state index in [1.165, 1.54) is 0 Å². The first-order valence-electron chi connectivity index (χ1n) is 5.45. The molecular formula is C12H2BF9. The SMILES string of the molecule is Bc1c(F)c(F)c(F)c(F)c1-c1c(F)c(F)c(F)c(F)c1F. The van der Waals surface area contributed by atoms with E-state index in [2.05, 4.69) is 0 Å². The molecule has 0 saturated carbocycles. The van der Waals surface area contributed by atoms with Crippen molar-refractivity contribution in [3.05, 3.63) is 52.4 Å². The van der Waals surface area contributed by atoms with Gasteiger partial charge < -0.3 is 0 Å². The minimum absolute atomic E-state index is 0.592. The highest BCUT2D eigenvalue weighted by atomic mass is 19.2. The molecule has 0 atom stereocenters. The van der Waals surface area contributed by atoms with E-state index in [0.29, 0.717) is 7.85 Å². The molecule has 0 bridgehead atoms. The molecule has 0 fully saturated rings. The number of hydrogen-bond acceptors (Lipinski definition) is 0. The van der Waals surface area contributed by atoms with Crippen LogP contribution in [0.4, 0.5) is 39.5 Å². The topological polar surface area (TPSA) is 0 Å². The minimum Gasteiger partial charge on any atom is -0.204 e. The monoisotopic (exact) mass is 328 g/mol. The summed E-state index contributed by atoms with van der Waals surface area (Å²) in [6.07, 6.45) is 0. The van der Waals surface area contributed by atoms with Gasteiger partial charge in [-0.05, 0) is 5.46 Å². The first kappa shape index (κ1) is 16.2. The quantitative estimate of drug-likeness (QED) is 0.327. The Labute approximate surface area is 117 Å². The first-order chi connectivity index (χ1) is 10.1. The van der Waals surface area contributed by atoms with E-state index >= 15 is 0 Å². The molecule has 0 spiro atoms. The second-order valence-electron chi connectivity index (χ2n) is 4.20. The van der Waals surface area contributed by atoms with Crippen molar-refractivity contribution in [2.45, 2.75) is 0 Å². The predicted molar refractivity (Wildman–Crippen MR) is 59.7 cm³/mol. The highest BCUT2D eigenvalue weighted by molar-refractivity contribution is 6.36. The summed E-state index contributed by atoms with van der Waals surface area (Å²) in [6, 6.07) is 0. The molecule has 0 saturated heterocycles. The van der Waals surface area contributed by atoms with Crippen LogP contribution in [-0.2, 0) is 0 Å². The van der Waals surface area contributed by atoms with Crippen LogP contribution in [0.1, 0.15) is 0 Å². The van der Waals surface area contributed by atoms with Crippen LogP contribution in [0, 0.1) is 52.4 Å². The van der Waals surface area contributed by atoms with Crippen LogP contribution >= 0.6 is 0 Å². The molecule has 10 heteroatoms. The highest BCUT2D eigenvalue weighted by Crippen LogP contribution is 2.33. The summed E-state index contributed by atoms with van der Waals surface area (Å²) in [7, 11) is 0.592. The molecule has 0 aliphatic rings. The van der Waals surface area contributed by atoms with Crippen LogP contribution in [0.5, 0.6) is 0 Å². The Hall–Kier alpha value is -2.13. The van der Waals surface area contributed by atoms with Crippen LogP contribution < -0.4 is 5.46 Å². The normalized spacial score (nSPS) is 11.1. The standard InChI is InChI=1S/C12H2BF9/c13-3-1(4(14)8(18)11(21)7(3)17)2-5(15)9(19)12(22)10(20)6(2)16/h13H2. The highest BCUT2D eigenvalue weighted by Gasteiger charge is 2.32. The van der Waals surface area contributed by atoms with Gasteiger partial charge in [0.15, 0.2) is 46.5 Å². The second-order valence-corrected chi connectivity index (χ2v) is 4.20. The Morgan fingerprint density at radius 2 is 0.636 bits per heavy atom. The summed E-state index contributed by atoms with van der Waals surface area (Å²) in [5.41, 5.74) is -4.63. The van der Waals surface area contributed by atoms with Gasteiger partial charge in [-0.25, -0.2) is 39.5 Å². The van der Waals surface area contributed by atoms with Gasteiger partial charge in [0.2, 0.25) is 5.82 Å². The molecule has 0 nitrogen and oxygen atoms in total. The molecule has 0 unspecified atom stereocenters. The fourth-order valence-electron chi connectivity index (χ4n) is 1.86. The van der Waals surface area contributed by atoms with Crippen LogP contribution in [0.25, 0.3) is 11.1 Å². The molecule has 0 aliphatic heterocycles. The van der Waals surface area contributed by atoms with Crippen molar-refractivity contribution in [1.29, 1.82) is 0 Å². The van der Waals surface area contributed by atoms with Crippen molar-refractivity contribution < 1.29 is 39.5 Å². The number of rotatable bonds is 1. The van der Waals surface area contributed by atoms with Gasteiger partial charge in [-0.15, -0.1) is 0 Å². The first-order valence-corrected chi connectivity index (χ1v) is 5.45. The number of benzene rings is 2.